The van der Waals surface area contributed by atoms with Crippen molar-refractivity contribution in [3.8, 4) is 0 Å². The summed E-state index contributed by atoms with van der Waals surface area (Å²) < 4.78 is 0. The van der Waals surface area contributed by atoms with E-state index in [1.807, 2.05) is 25.1 Å². The zero-order chi connectivity index (χ0) is 14.4. The third-order valence-electron chi connectivity index (χ3n) is 3.46. The Balaban J connectivity index is 1.78. The number of nitrogens with one attached hydrogen (secondary N) is 2. The molecule has 0 saturated carbocycles. The first-order valence-corrected chi connectivity index (χ1v) is 7.33. The van der Waals surface area contributed by atoms with Crippen LogP contribution in [0.4, 0.5) is 5.69 Å². The van der Waals surface area contributed by atoms with Crippen LogP contribution in [0.1, 0.15) is 24.1 Å². The van der Waals surface area contributed by atoms with Crippen LogP contribution in [0.25, 0.3) is 0 Å². The molecule has 2 rings (SSSR count). The number of benzene rings is 2. The van der Waals surface area contributed by atoms with Gasteiger partial charge in [0.25, 0.3) is 0 Å². The molecule has 0 bridgehead atoms. The molecule has 2 N–H and O–H groups in total. The van der Waals surface area contributed by atoms with Gasteiger partial charge in [-0.1, -0.05) is 48.0 Å². The lowest BCUT2D eigenvalue weighted by Crippen LogP contribution is -2.25. The first kappa shape index (κ1) is 14.9. The Morgan fingerprint density at radius 3 is 2.50 bits per heavy atom. The average Bonchev–Trinajstić information content (AvgIpc) is 2.48. The van der Waals surface area contributed by atoms with Gasteiger partial charge in [-0.05, 0) is 37.1 Å². The normalized spacial score (nSPS) is 12.2. The van der Waals surface area contributed by atoms with Crippen molar-refractivity contribution in [2.75, 3.05) is 18.4 Å². The smallest absolute Gasteiger partial charge is 0.0455 e. The van der Waals surface area contributed by atoms with Crippen LogP contribution < -0.4 is 10.6 Å². The molecule has 2 aromatic carbocycles. The SMILES string of the molecule is Cc1c(Cl)cccc1NCCNC(C)c1ccccc1. The Labute approximate surface area is 126 Å². The summed E-state index contributed by atoms with van der Waals surface area (Å²) >= 11 is 6.10. The summed E-state index contributed by atoms with van der Waals surface area (Å²) in [6.07, 6.45) is 0. The Morgan fingerprint density at radius 1 is 1.00 bits per heavy atom. The molecular formula is C17H21ClN2. The Kier molecular flexibility index (Phi) is 5.45. The summed E-state index contributed by atoms with van der Waals surface area (Å²) in [4.78, 5) is 0. The molecule has 2 nitrogen and oxygen atoms in total. The average molecular weight is 289 g/mol. The molecule has 0 saturated heterocycles. The van der Waals surface area contributed by atoms with Crippen molar-refractivity contribution in [2.45, 2.75) is 19.9 Å². The van der Waals surface area contributed by atoms with Gasteiger partial charge in [-0.25, -0.2) is 0 Å². The van der Waals surface area contributed by atoms with Crippen molar-refractivity contribution in [1.29, 1.82) is 0 Å². The van der Waals surface area contributed by atoms with E-state index in [1.54, 1.807) is 0 Å². The van der Waals surface area contributed by atoms with E-state index >= 15 is 0 Å². The lowest BCUT2D eigenvalue weighted by Gasteiger charge is -2.15. The third-order valence-corrected chi connectivity index (χ3v) is 3.87. The van der Waals surface area contributed by atoms with E-state index < -0.39 is 0 Å². The molecule has 0 radical (unpaired) electrons. The van der Waals surface area contributed by atoms with E-state index in [0.29, 0.717) is 6.04 Å². The highest BCUT2D eigenvalue weighted by molar-refractivity contribution is 6.31. The second kappa shape index (κ2) is 7.32. The van der Waals surface area contributed by atoms with Crippen molar-refractivity contribution in [1.82, 2.24) is 5.32 Å². The Hall–Kier alpha value is -1.51. The number of halogens is 1. The van der Waals surface area contributed by atoms with Crippen molar-refractivity contribution >= 4 is 17.3 Å². The van der Waals surface area contributed by atoms with Crippen molar-refractivity contribution in [3.63, 3.8) is 0 Å². The van der Waals surface area contributed by atoms with Crippen molar-refractivity contribution in [3.05, 3.63) is 64.7 Å². The highest BCUT2D eigenvalue weighted by atomic mass is 35.5. The Morgan fingerprint density at radius 2 is 1.75 bits per heavy atom. The number of anilines is 1. The summed E-state index contributed by atoms with van der Waals surface area (Å²) in [5, 5.41) is 7.73. The standard InChI is InChI=1S/C17H21ClN2/c1-13-16(18)9-6-10-17(13)20-12-11-19-14(2)15-7-4-3-5-8-15/h3-10,14,19-20H,11-12H2,1-2H3. The van der Waals surface area contributed by atoms with E-state index in [9.17, 15) is 0 Å². The van der Waals surface area contributed by atoms with Gasteiger partial charge in [-0.15, -0.1) is 0 Å². The third kappa shape index (κ3) is 3.99. The molecule has 20 heavy (non-hydrogen) atoms. The van der Waals surface area contributed by atoms with Crippen LogP contribution in [0, 0.1) is 6.92 Å². The molecule has 0 fully saturated rings. The van der Waals surface area contributed by atoms with Gasteiger partial charge in [-0.2, -0.15) is 0 Å². The molecule has 0 spiro atoms. The van der Waals surface area contributed by atoms with Crippen LogP contribution in [0.5, 0.6) is 0 Å². The zero-order valence-corrected chi connectivity index (χ0v) is 12.7. The number of hydrogen-bond donors (Lipinski definition) is 2. The molecule has 1 unspecified atom stereocenters. The molecule has 0 aromatic heterocycles. The van der Waals surface area contributed by atoms with Crippen LogP contribution in [0.2, 0.25) is 5.02 Å². The first-order chi connectivity index (χ1) is 9.68. The van der Waals surface area contributed by atoms with Crippen molar-refractivity contribution in [2.24, 2.45) is 0 Å². The van der Waals surface area contributed by atoms with Gasteiger partial charge in [0.15, 0.2) is 0 Å². The molecule has 2 aromatic rings. The quantitative estimate of drug-likeness (QED) is 0.769. The predicted octanol–water partition coefficient (Wildman–Crippen LogP) is 4.41. The highest BCUT2D eigenvalue weighted by Crippen LogP contribution is 2.22. The van der Waals surface area contributed by atoms with Crippen LogP contribution >= 0.6 is 11.6 Å². The van der Waals surface area contributed by atoms with E-state index in [1.165, 1.54) is 5.56 Å². The number of rotatable bonds is 6. The lowest BCUT2D eigenvalue weighted by atomic mass is 10.1. The van der Waals surface area contributed by atoms with Crippen LogP contribution in [-0.4, -0.2) is 13.1 Å². The van der Waals surface area contributed by atoms with Gasteiger partial charge in [0, 0.05) is 29.8 Å². The monoisotopic (exact) mass is 288 g/mol. The summed E-state index contributed by atoms with van der Waals surface area (Å²) in [6.45, 7) is 5.99. The molecule has 0 heterocycles. The predicted molar refractivity (Wildman–Crippen MR) is 87.5 cm³/mol. The second-order valence-electron chi connectivity index (χ2n) is 4.93. The molecule has 0 aliphatic carbocycles. The summed E-state index contributed by atoms with van der Waals surface area (Å²) in [5.41, 5.74) is 3.52. The van der Waals surface area contributed by atoms with Crippen LogP contribution in [0.15, 0.2) is 48.5 Å². The summed E-state index contributed by atoms with van der Waals surface area (Å²) in [5.74, 6) is 0. The van der Waals surface area contributed by atoms with E-state index in [4.69, 9.17) is 11.6 Å². The van der Waals surface area contributed by atoms with Gasteiger partial charge in [-0.3, -0.25) is 0 Å². The molecule has 0 amide bonds. The number of hydrogen-bond acceptors (Lipinski definition) is 2. The zero-order valence-electron chi connectivity index (χ0n) is 12.0. The minimum Gasteiger partial charge on any atom is -0.384 e. The molecular weight excluding hydrogens is 268 g/mol. The minimum atomic E-state index is 0.360. The van der Waals surface area contributed by atoms with E-state index in [-0.39, 0.29) is 0 Å². The fourth-order valence-electron chi connectivity index (χ4n) is 2.14. The summed E-state index contributed by atoms with van der Waals surface area (Å²) in [7, 11) is 0. The fraction of sp³-hybridized carbons (Fsp3) is 0.294. The van der Waals surface area contributed by atoms with Gasteiger partial charge in [0.05, 0.1) is 0 Å². The highest BCUT2D eigenvalue weighted by Gasteiger charge is 2.04. The van der Waals surface area contributed by atoms with Gasteiger partial charge in [0.1, 0.15) is 0 Å². The van der Waals surface area contributed by atoms with Gasteiger partial charge in [0.2, 0.25) is 0 Å². The van der Waals surface area contributed by atoms with Crippen LogP contribution in [0.3, 0.4) is 0 Å². The lowest BCUT2D eigenvalue weighted by molar-refractivity contribution is 0.588. The fourth-order valence-corrected chi connectivity index (χ4v) is 2.32. The molecule has 1 atom stereocenters. The first-order valence-electron chi connectivity index (χ1n) is 6.96. The largest absolute Gasteiger partial charge is 0.384 e. The van der Waals surface area contributed by atoms with Gasteiger partial charge < -0.3 is 10.6 Å². The molecule has 0 aliphatic rings. The topological polar surface area (TPSA) is 24.1 Å². The maximum Gasteiger partial charge on any atom is 0.0455 e. The molecule has 3 heteroatoms. The maximum atomic E-state index is 6.10. The summed E-state index contributed by atoms with van der Waals surface area (Å²) in [6, 6.07) is 16.8. The maximum absolute atomic E-state index is 6.10. The van der Waals surface area contributed by atoms with Gasteiger partial charge >= 0.3 is 0 Å². The van der Waals surface area contributed by atoms with E-state index in [2.05, 4.69) is 47.9 Å². The minimum absolute atomic E-state index is 0.360. The van der Waals surface area contributed by atoms with Crippen LogP contribution in [-0.2, 0) is 0 Å². The Bertz CT molecular complexity index is 540. The second-order valence-corrected chi connectivity index (χ2v) is 5.33. The van der Waals surface area contributed by atoms with E-state index in [0.717, 1.165) is 29.4 Å². The van der Waals surface area contributed by atoms with Crippen molar-refractivity contribution < 1.29 is 0 Å². The molecule has 0 aliphatic heterocycles. The molecule has 106 valence electrons.